The highest BCUT2D eigenvalue weighted by atomic mass is 16.5. The summed E-state index contributed by atoms with van der Waals surface area (Å²) in [6, 6.07) is 10.8. The number of ether oxygens (including phenoxy) is 1. The molecule has 122 valence electrons. The highest BCUT2D eigenvalue weighted by molar-refractivity contribution is 6.06. The number of nitrogens with zero attached hydrogens (tertiary/aromatic N) is 1. The molecule has 0 aliphatic rings. The standard InChI is InChI=1S/C18H22N2O3/c1-3-5-12-19-17(16-7-6-13-23-16)20-15-10-8-14(9-11-15)18(21)22-4-2/h6-11,13H,3-5,12H2,1-2H3,(H,19,20). The fraction of sp³-hybridized carbons (Fsp3) is 0.333. The molecule has 1 aromatic carbocycles. The second kappa shape index (κ2) is 8.78. The van der Waals surface area contributed by atoms with Crippen molar-refractivity contribution in [1.82, 2.24) is 0 Å². The molecule has 2 aromatic rings. The third-order valence-electron chi connectivity index (χ3n) is 3.19. The zero-order valence-corrected chi connectivity index (χ0v) is 13.5. The minimum atomic E-state index is -0.318. The Balaban J connectivity index is 2.10. The van der Waals surface area contributed by atoms with Crippen LogP contribution in [0.4, 0.5) is 5.69 Å². The van der Waals surface area contributed by atoms with E-state index >= 15 is 0 Å². The molecule has 23 heavy (non-hydrogen) atoms. The van der Waals surface area contributed by atoms with Crippen molar-refractivity contribution in [2.45, 2.75) is 26.7 Å². The molecular formula is C18H22N2O3. The van der Waals surface area contributed by atoms with Crippen molar-refractivity contribution >= 4 is 17.5 Å². The molecule has 0 radical (unpaired) electrons. The van der Waals surface area contributed by atoms with Crippen LogP contribution in [0, 0.1) is 0 Å². The van der Waals surface area contributed by atoms with Crippen molar-refractivity contribution in [3.8, 4) is 0 Å². The summed E-state index contributed by atoms with van der Waals surface area (Å²) in [5.41, 5.74) is 1.37. The normalized spacial score (nSPS) is 11.3. The molecule has 0 aliphatic carbocycles. The van der Waals surface area contributed by atoms with E-state index in [0.29, 0.717) is 23.8 Å². The van der Waals surface area contributed by atoms with Gasteiger partial charge in [-0.25, -0.2) is 4.79 Å². The third kappa shape index (κ3) is 4.98. The van der Waals surface area contributed by atoms with Crippen LogP contribution >= 0.6 is 0 Å². The Kier molecular flexibility index (Phi) is 6.41. The molecule has 0 saturated carbocycles. The highest BCUT2D eigenvalue weighted by Crippen LogP contribution is 2.13. The first-order valence-electron chi connectivity index (χ1n) is 7.87. The van der Waals surface area contributed by atoms with Crippen LogP contribution in [0.5, 0.6) is 0 Å². The number of amidine groups is 1. The summed E-state index contributed by atoms with van der Waals surface area (Å²) >= 11 is 0. The predicted octanol–water partition coefficient (Wildman–Crippen LogP) is 4.12. The van der Waals surface area contributed by atoms with Gasteiger partial charge >= 0.3 is 5.97 Å². The van der Waals surface area contributed by atoms with Gasteiger partial charge in [0.25, 0.3) is 0 Å². The molecule has 0 bridgehead atoms. The maximum atomic E-state index is 11.7. The molecule has 0 spiro atoms. The SMILES string of the molecule is CCCCN=C(Nc1ccc(C(=O)OCC)cc1)c1ccco1. The fourth-order valence-corrected chi connectivity index (χ4v) is 1.98. The van der Waals surface area contributed by atoms with Crippen LogP contribution in [0.3, 0.4) is 0 Å². The van der Waals surface area contributed by atoms with E-state index in [-0.39, 0.29) is 5.97 Å². The zero-order valence-electron chi connectivity index (χ0n) is 13.5. The lowest BCUT2D eigenvalue weighted by molar-refractivity contribution is 0.0526. The van der Waals surface area contributed by atoms with Gasteiger partial charge < -0.3 is 14.5 Å². The minimum Gasteiger partial charge on any atom is -0.462 e. The maximum absolute atomic E-state index is 11.7. The average Bonchev–Trinajstić information content (AvgIpc) is 3.09. The number of aliphatic imine (C=N–C) groups is 1. The lowest BCUT2D eigenvalue weighted by atomic mass is 10.2. The largest absolute Gasteiger partial charge is 0.462 e. The van der Waals surface area contributed by atoms with Crippen molar-refractivity contribution < 1.29 is 13.9 Å². The van der Waals surface area contributed by atoms with Gasteiger partial charge in [-0.3, -0.25) is 4.99 Å². The van der Waals surface area contributed by atoms with Gasteiger partial charge in [-0.2, -0.15) is 0 Å². The summed E-state index contributed by atoms with van der Waals surface area (Å²) in [7, 11) is 0. The Morgan fingerprint density at radius 2 is 2.00 bits per heavy atom. The first kappa shape index (κ1) is 16.8. The van der Waals surface area contributed by atoms with Crippen LogP contribution in [0.15, 0.2) is 52.1 Å². The summed E-state index contributed by atoms with van der Waals surface area (Å²) in [6.07, 6.45) is 3.73. The quantitative estimate of drug-likeness (QED) is 0.361. The van der Waals surface area contributed by atoms with Crippen molar-refractivity contribution in [2.24, 2.45) is 4.99 Å². The molecule has 1 aromatic heterocycles. The van der Waals surface area contributed by atoms with Crippen LogP contribution in [0.2, 0.25) is 0 Å². The monoisotopic (exact) mass is 314 g/mol. The molecule has 0 atom stereocenters. The van der Waals surface area contributed by atoms with Gasteiger partial charge in [-0.15, -0.1) is 0 Å². The van der Waals surface area contributed by atoms with E-state index in [1.807, 2.05) is 24.3 Å². The summed E-state index contributed by atoms with van der Waals surface area (Å²) in [5.74, 6) is 1.06. The van der Waals surface area contributed by atoms with Gasteiger partial charge in [0.05, 0.1) is 18.4 Å². The number of benzene rings is 1. The number of anilines is 1. The topological polar surface area (TPSA) is 63.8 Å². The number of furan rings is 1. The number of hydrogen-bond acceptors (Lipinski definition) is 4. The maximum Gasteiger partial charge on any atom is 0.338 e. The van der Waals surface area contributed by atoms with Gasteiger partial charge in [0, 0.05) is 12.2 Å². The third-order valence-corrected chi connectivity index (χ3v) is 3.19. The van der Waals surface area contributed by atoms with Gasteiger partial charge in [-0.05, 0) is 49.7 Å². The van der Waals surface area contributed by atoms with Crippen LogP contribution in [0.25, 0.3) is 0 Å². The lowest BCUT2D eigenvalue weighted by Gasteiger charge is -2.09. The van der Waals surface area contributed by atoms with Gasteiger partial charge in [0.1, 0.15) is 0 Å². The number of esters is 1. The molecule has 1 heterocycles. The van der Waals surface area contributed by atoms with E-state index in [1.54, 1.807) is 25.3 Å². The van der Waals surface area contributed by atoms with Crippen molar-refractivity contribution in [3.63, 3.8) is 0 Å². The summed E-state index contributed by atoms with van der Waals surface area (Å²) < 4.78 is 10.4. The number of unbranched alkanes of at least 4 members (excludes halogenated alkanes) is 1. The number of carbonyl (C=O) groups excluding carboxylic acids is 1. The van der Waals surface area contributed by atoms with Crippen LogP contribution in [-0.4, -0.2) is 25.0 Å². The molecule has 0 fully saturated rings. The van der Waals surface area contributed by atoms with Crippen LogP contribution in [-0.2, 0) is 4.74 Å². The molecule has 0 unspecified atom stereocenters. The smallest absolute Gasteiger partial charge is 0.338 e. The minimum absolute atomic E-state index is 0.318. The van der Waals surface area contributed by atoms with E-state index in [9.17, 15) is 4.79 Å². The average molecular weight is 314 g/mol. The Hall–Kier alpha value is -2.56. The van der Waals surface area contributed by atoms with Crippen LogP contribution < -0.4 is 5.32 Å². The Morgan fingerprint density at radius 3 is 2.61 bits per heavy atom. The van der Waals surface area contributed by atoms with E-state index in [0.717, 1.165) is 25.1 Å². The summed E-state index contributed by atoms with van der Waals surface area (Å²) in [4.78, 5) is 16.2. The van der Waals surface area contributed by atoms with Gasteiger partial charge in [-0.1, -0.05) is 13.3 Å². The summed E-state index contributed by atoms with van der Waals surface area (Å²) in [6.45, 7) is 5.02. The van der Waals surface area contributed by atoms with E-state index in [1.165, 1.54) is 0 Å². The second-order valence-electron chi connectivity index (χ2n) is 4.98. The lowest BCUT2D eigenvalue weighted by Crippen LogP contribution is -2.14. The molecule has 0 aliphatic heterocycles. The van der Waals surface area contributed by atoms with Crippen molar-refractivity contribution in [1.29, 1.82) is 0 Å². The number of hydrogen-bond donors (Lipinski definition) is 1. The second-order valence-corrected chi connectivity index (χ2v) is 4.98. The Bertz CT molecular complexity index is 631. The number of rotatable bonds is 7. The molecule has 5 nitrogen and oxygen atoms in total. The molecule has 5 heteroatoms. The van der Waals surface area contributed by atoms with E-state index < -0.39 is 0 Å². The predicted molar refractivity (Wildman–Crippen MR) is 91.0 cm³/mol. The molecule has 2 rings (SSSR count). The fourth-order valence-electron chi connectivity index (χ4n) is 1.98. The summed E-state index contributed by atoms with van der Waals surface area (Å²) in [5, 5.41) is 3.24. The van der Waals surface area contributed by atoms with Crippen molar-refractivity contribution in [2.75, 3.05) is 18.5 Å². The first-order chi connectivity index (χ1) is 11.2. The Morgan fingerprint density at radius 1 is 1.22 bits per heavy atom. The molecule has 1 N–H and O–H groups in total. The zero-order chi connectivity index (χ0) is 16.5. The van der Waals surface area contributed by atoms with Gasteiger partial charge in [0.2, 0.25) is 0 Å². The molecule has 0 saturated heterocycles. The number of carbonyl (C=O) groups is 1. The first-order valence-corrected chi connectivity index (χ1v) is 7.87. The van der Waals surface area contributed by atoms with Crippen molar-refractivity contribution in [3.05, 3.63) is 54.0 Å². The van der Waals surface area contributed by atoms with Crippen LogP contribution in [0.1, 0.15) is 42.8 Å². The molecular weight excluding hydrogens is 292 g/mol. The molecule has 0 amide bonds. The number of nitrogens with one attached hydrogen (secondary N) is 1. The Labute approximate surface area is 136 Å². The highest BCUT2D eigenvalue weighted by Gasteiger charge is 2.09. The van der Waals surface area contributed by atoms with Gasteiger partial charge in [0.15, 0.2) is 11.6 Å². The van der Waals surface area contributed by atoms with E-state index in [4.69, 9.17) is 9.15 Å². The van der Waals surface area contributed by atoms with E-state index in [2.05, 4.69) is 17.2 Å².